The quantitative estimate of drug-likeness (QED) is 0.467. The van der Waals surface area contributed by atoms with Gasteiger partial charge < -0.3 is 14.6 Å². The van der Waals surface area contributed by atoms with Gasteiger partial charge in [-0.15, -0.1) is 0 Å². The fraction of sp³-hybridized carbons (Fsp3) is 0.571. The highest BCUT2D eigenvalue weighted by atomic mass is 16.6. The number of rotatable bonds is 5. The number of carboxylic acid groups (broad SMARTS) is 1. The van der Waals surface area contributed by atoms with Gasteiger partial charge in [-0.2, -0.15) is 0 Å². The molecule has 6 heteroatoms. The first-order valence-corrected chi connectivity index (χ1v) is 3.51. The molecule has 2 unspecified atom stereocenters. The van der Waals surface area contributed by atoms with Crippen molar-refractivity contribution in [2.75, 3.05) is 0 Å². The maximum atomic E-state index is 10.9. The van der Waals surface area contributed by atoms with Crippen molar-refractivity contribution in [2.24, 2.45) is 0 Å². The van der Waals surface area contributed by atoms with Crippen LogP contribution in [0.4, 0.5) is 0 Å². The third-order valence-corrected chi connectivity index (χ3v) is 1.23. The molecule has 0 rings (SSSR count). The summed E-state index contributed by atoms with van der Waals surface area (Å²) in [5, 5.41) is 8.35. The van der Waals surface area contributed by atoms with Crippen molar-refractivity contribution in [1.82, 2.24) is 0 Å². The molecular formula is C7H10O6. The van der Waals surface area contributed by atoms with Gasteiger partial charge in [0.2, 0.25) is 0 Å². The molecule has 0 aromatic carbocycles. The summed E-state index contributed by atoms with van der Waals surface area (Å²) in [6, 6.07) is 0. The van der Waals surface area contributed by atoms with Gasteiger partial charge in [0, 0.05) is 0 Å². The van der Waals surface area contributed by atoms with Crippen LogP contribution < -0.4 is 0 Å². The second kappa shape index (κ2) is 5.13. The molecule has 2 atom stereocenters. The lowest BCUT2D eigenvalue weighted by Gasteiger charge is -2.11. The van der Waals surface area contributed by atoms with Gasteiger partial charge in [0.15, 0.2) is 12.2 Å². The Kier molecular flexibility index (Phi) is 4.50. The van der Waals surface area contributed by atoms with Gasteiger partial charge in [-0.25, -0.2) is 9.59 Å². The molecular weight excluding hydrogens is 180 g/mol. The number of ether oxygens (including phenoxy) is 2. The van der Waals surface area contributed by atoms with Crippen LogP contribution in [0.1, 0.15) is 13.8 Å². The lowest BCUT2D eigenvalue weighted by Crippen LogP contribution is -2.30. The van der Waals surface area contributed by atoms with Crippen LogP contribution in [0, 0.1) is 0 Å². The smallest absolute Gasteiger partial charge is 0.347 e. The van der Waals surface area contributed by atoms with E-state index in [1.54, 1.807) is 0 Å². The molecule has 0 spiro atoms. The third-order valence-electron chi connectivity index (χ3n) is 1.23. The summed E-state index contributed by atoms with van der Waals surface area (Å²) < 4.78 is 8.64. The highest BCUT2D eigenvalue weighted by Gasteiger charge is 2.21. The fourth-order valence-electron chi connectivity index (χ4n) is 0.459. The van der Waals surface area contributed by atoms with Crippen LogP contribution in [-0.4, -0.2) is 35.7 Å². The maximum absolute atomic E-state index is 10.9. The second-order valence-corrected chi connectivity index (χ2v) is 2.29. The summed E-state index contributed by atoms with van der Waals surface area (Å²) in [4.78, 5) is 30.9. The van der Waals surface area contributed by atoms with Crippen molar-refractivity contribution in [1.29, 1.82) is 0 Å². The Labute approximate surface area is 74.4 Å². The van der Waals surface area contributed by atoms with Crippen molar-refractivity contribution >= 4 is 18.4 Å². The van der Waals surface area contributed by atoms with Crippen molar-refractivity contribution < 1.29 is 29.0 Å². The maximum Gasteiger partial charge on any atom is 0.347 e. The molecule has 0 heterocycles. The van der Waals surface area contributed by atoms with E-state index in [4.69, 9.17) is 5.11 Å². The molecule has 0 saturated carbocycles. The summed E-state index contributed by atoms with van der Waals surface area (Å²) in [6.07, 6.45) is -2.33. The molecule has 0 aromatic rings. The Bertz CT molecular complexity index is 211. The van der Waals surface area contributed by atoms with Crippen LogP contribution in [0.3, 0.4) is 0 Å². The summed E-state index contributed by atoms with van der Waals surface area (Å²) in [6.45, 7) is 2.58. The molecule has 13 heavy (non-hydrogen) atoms. The fourth-order valence-corrected chi connectivity index (χ4v) is 0.459. The standard InChI is InChI=1S/C7H10O6/c1-4(6(9)10)13-7(11)5(2)12-3-8/h3-5H,1-2H3,(H,9,10). The van der Waals surface area contributed by atoms with E-state index in [-0.39, 0.29) is 6.47 Å². The highest BCUT2D eigenvalue weighted by molar-refractivity contribution is 5.80. The van der Waals surface area contributed by atoms with Gasteiger partial charge in [-0.3, -0.25) is 4.79 Å². The average Bonchev–Trinajstić information content (AvgIpc) is 2.04. The Morgan fingerprint density at radius 3 is 2.23 bits per heavy atom. The van der Waals surface area contributed by atoms with Crippen LogP contribution >= 0.6 is 0 Å². The molecule has 0 fully saturated rings. The largest absolute Gasteiger partial charge is 0.479 e. The Morgan fingerprint density at radius 2 is 1.85 bits per heavy atom. The topological polar surface area (TPSA) is 89.9 Å². The SMILES string of the molecule is CC(OC(=O)C(C)OC=O)C(=O)O. The van der Waals surface area contributed by atoms with Gasteiger partial charge in [0.25, 0.3) is 6.47 Å². The van der Waals surface area contributed by atoms with E-state index in [1.165, 1.54) is 13.8 Å². The van der Waals surface area contributed by atoms with E-state index < -0.39 is 24.1 Å². The minimum absolute atomic E-state index is 0.0946. The zero-order valence-corrected chi connectivity index (χ0v) is 7.22. The molecule has 0 saturated heterocycles. The number of carboxylic acids is 1. The molecule has 0 aromatic heterocycles. The Morgan fingerprint density at radius 1 is 1.31 bits per heavy atom. The zero-order valence-electron chi connectivity index (χ0n) is 7.22. The normalized spacial score (nSPS) is 14.0. The second-order valence-electron chi connectivity index (χ2n) is 2.29. The van der Waals surface area contributed by atoms with E-state index in [9.17, 15) is 14.4 Å². The minimum atomic E-state index is -1.26. The van der Waals surface area contributed by atoms with Gasteiger partial charge >= 0.3 is 11.9 Å². The number of hydrogen-bond donors (Lipinski definition) is 1. The van der Waals surface area contributed by atoms with Gasteiger partial charge in [-0.1, -0.05) is 0 Å². The van der Waals surface area contributed by atoms with Gasteiger partial charge in [-0.05, 0) is 13.8 Å². The van der Waals surface area contributed by atoms with Crippen LogP contribution in [0.15, 0.2) is 0 Å². The molecule has 6 nitrogen and oxygen atoms in total. The molecule has 74 valence electrons. The van der Waals surface area contributed by atoms with Crippen LogP contribution in [-0.2, 0) is 23.9 Å². The van der Waals surface area contributed by atoms with Gasteiger partial charge in [0.05, 0.1) is 0 Å². The predicted molar refractivity (Wildman–Crippen MR) is 39.8 cm³/mol. The van der Waals surface area contributed by atoms with Crippen molar-refractivity contribution in [3.05, 3.63) is 0 Å². The third kappa shape index (κ3) is 4.09. The number of hydrogen-bond acceptors (Lipinski definition) is 5. The number of aliphatic carboxylic acids is 1. The molecule has 0 aliphatic rings. The molecule has 0 bridgehead atoms. The van der Waals surface area contributed by atoms with Crippen molar-refractivity contribution in [3.8, 4) is 0 Å². The first kappa shape index (κ1) is 11.4. The van der Waals surface area contributed by atoms with Crippen LogP contribution in [0.25, 0.3) is 0 Å². The van der Waals surface area contributed by atoms with E-state index in [0.29, 0.717) is 0 Å². The number of carbonyl (C=O) groups excluding carboxylic acids is 2. The Balaban J connectivity index is 3.99. The highest BCUT2D eigenvalue weighted by Crippen LogP contribution is 1.97. The van der Waals surface area contributed by atoms with Gasteiger partial charge in [0.1, 0.15) is 0 Å². The number of carbonyl (C=O) groups is 3. The average molecular weight is 190 g/mol. The first-order valence-electron chi connectivity index (χ1n) is 3.51. The first-order chi connectivity index (χ1) is 5.99. The van der Waals surface area contributed by atoms with Crippen LogP contribution in [0.5, 0.6) is 0 Å². The predicted octanol–water partition coefficient (Wildman–Crippen LogP) is -0.436. The summed E-state index contributed by atoms with van der Waals surface area (Å²) in [7, 11) is 0. The van der Waals surface area contributed by atoms with Crippen molar-refractivity contribution in [2.45, 2.75) is 26.1 Å². The molecule has 1 N–H and O–H groups in total. The monoisotopic (exact) mass is 190 g/mol. The van der Waals surface area contributed by atoms with Crippen molar-refractivity contribution in [3.63, 3.8) is 0 Å². The summed E-state index contributed by atoms with van der Waals surface area (Å²) >= 11 is 0. The summed E-state index contributed by atoms with van der Waals surface area (Å²) in [5.41, 5.74) is 0. The van der Waals surface area contributed by atoms with E-state index >= 15 is 0 Å². The number of esters is 1. The van der Waals surface area contributed by atoms with E-state index in [1.807, 2.05) is 0 Å². The van der Waals surface area contributed by atoms with E-state index in [2.05, 4.69) is 9.47 Å². The summed E-state index contributed by atoms with van der Waals surface area (Å²) in [5.74, 6) is -2.14. The molecule has 0 amide bonds. The molecule has 0 aliphatic heterocycles. The zero-order chi connectivity index (χ0) is 10.4. The molecule has 0 aliphatic carbocycles. The minimum Gasteiger partial charge on any atom is -0.479 e. The molecule has 0 radical (unpaired) electrons. The Hall–Kier alpha value is -1.59. The lowest BCUT2D eigenvalue weighted by molar-refractivity contribution is -0.171. The van der Waals surface area contributed by atoms with E-state index in [0.717, 1.165) is 0 Å². The lowest BCUT2D eigenvalue weighted by atomic mass is 10.4. The van der Waals surface area contributed by atoms with Crippen LogP contribution in [0.2, 0.25) is 0 Å².